The van der Waals surface area contributed by atoms with Crippen LogP contribution in [-0.2, 0) is 6.42 Å². The second-order valence-corrected chi connectivity index (χ2v) is 3.60. The first kappa shape index (κ1) is 8.47. The van der Waals surface area contributed by atoms with Gasteiger partial charge in [0, 0.05) is 10.9 Å². The van der Waals surface area contributed by atoms with Crippen molar-refractivity contribution in [2.45, 2.75) is 6.42 Å². The van der Waals surface area contributed by atoms with E-state index in [-0.39, 0.29) is 0 Å². The second-order valence-electron chi connectivity index (χ2n) is 2.82. The summed E-state index contributed by atoms with van der Waals surface area (Å²) in [5, 5.41) is 11.2. The number of thiophene rings is 1. The Morgan fingerprint density at radius 3 is 3.15 bits per heavy atom. The van der Waals surface area contributed by atoms with E-state index < -0.39 is 0 Å². The number of nitrogens with two attached hydrogens (primary N) is 1. The van der Waals surface area contributed by atoms with Crippen LogP contribution in [0.4, 0.5) is 0 Å². The molecule has 68 valence electrons. The van der Waals surface area contributed by atoms with Crippen molar-refractivity contribution >= 4 is 11.3 Å². The van der Waals surface area contributed by atoms with Gasteiger partial charge >= 0.3 is 0 Å². The van der Waals surface area contributed by atoms with Crippen LogP contribution in [0.1, 0.15) is 5.56 Å². The molecule has 0 bridgehead atoms. The van der Waals surface area contributed by atoms with Gasteiger partial charge in [-0.25, -0.2) is 0 Å². The Labute approximate surface area is 80.6 Å². The molecule has 0 saturated heterocycles. The fraction of sp³-hybridized carbons (Fsp3) is 0.222. The van der Waals surface area contributed by atoms with Crippen molar-refractivity contribution < 1.29 is 0 Å². The SMILES string of the molecule is NCCc1cn[nH]c1-c1ccsc1. The molecule has 0 fully saturated rings. The van der Waals surface area contributed by atoms with Crippen LogP contribution >= 0.6 is 11.3 Å². The highest BCUT2D eigenvalue weighted by Gasteiger charge is 2.06. The topological polar surface area (TPSA) is 54.7 Å². The zero-order valence-electron chi connectivity index (χ0n) is 7.16. The van der Waals surface area contributed by atoms with Crippen LogP contribution in [0.25, 0.3) is 11.3 Å². The van der Waals surface area contributed by atoms with Crippen molar-refractivity contribution in [1.82, 2.24) is 10.2 Å². The quantitative estimate of drug-likeness (QED) is 0.778. The maximum atomic E-state index is 5.50. The molecule has 3 N–H and O–H groups in total. The van der Waals surface area contributed by atoms with Crippen LogP contribution in [0.2, 0.25) is 0 Å². The van der Waals surface area contributed by atoms with Crippen molar-refractivity contribution in [3.8, 4) is 11.3 Å². The molecule has 0 radical (unpaired) electrons. The minimum atomic E-state index is 0.663. The summed E-state index contributed by atoms with van der Waals surface area (Å²) < 4.78 is 0. The highest BCUT2D eigenvalue weighted by Crippen LogP contribution is 2.23. The number of rotatable bonds is 3. The standard InChI is InChI=1S/C9H11N3S/c10-3-1-7-5-11-12-9(7)8-2-4-13-6-8/h2,4-6H,1,3,10H2,(H,11,12). The van der Waals surface area contributed by atoms with Gasteiger partial charge in [-0.2, -0.15) is 16.4 Å². The summed E-state index contributed by atoms with van der Waals surface area (Å²) in [5.41, 5.74) is 9.00. The molecule has 0 amide bonds. The Morgan fingerprint density at radius 2 is 2.46 bits per heavy atom. The first-order chi connectivity index (χ1) is 6.42. The molecule has 2 rings (SSSR count). The maximum absolute atomic E-state index is 5.50. The molecular formula is C9H11N3S. The molecular weight excluding hydrogens is 182 g/mol. The molecule has 0 unspecified atom stereocenters. The Kier molecular flexibility index (Phi) is 2.42. The lowest BCUT2D eigenvalue weighted by molar-refractivity contribution is 0.972. The van der Waals surface area contributed by atoms with Gasteiger partial charge in [-0.1, -0.05) is 0 Å². The zero-order valence-corrected chi connectivity index (χ0v) is 7.97. The maximum Gasteiger partial charge on any atom is 0.0690 e. The van der Waals surface area contributed by atoms with E-state index in [0.29, 0.717) is 6.54 Å². The van der Waals surface area contributed by atoms with Gasteiger partial charge in [-0.3, -0.25) is 5.10 Å². The molecule has 2 aromatic rings. The predicted octanol–water partition coefficient (Wildman–Crippen LogP) is 1.64. The summed E-state index contributed by atoms with van der Waals surface area (Å²) in [7, 11) is 0. The van der Waals surface area contributed by atoms with E-state index in [2.05, 4.69) is 27.0 Å². The van der Waals surface area contributed by atoms with Crippen LogP contribution in [0, 0.1) is 0 Å². The smallest absolute Gasteiger partial charge is 0.0690 e. The Bertz CT molecular complexity index is 364. The van der Waals surface area contributed by atoms with E-state index in [1.807, 2.05) is 6.20 Å². The van der Waals surface area contributed by atoms with Crippen molar-refractivity contribution in [2.75, 3.05) is 6.54 Å². The number of nitrogens with zero attached hydrogens (tertiary/aromatic N) is 1. The monoisotopic (exact) mass is 193 g/mol. The largest absolute Gasteiger partial charge is 0.330 e. The molecule has 0 aliphatic carbocycles. The zero-order chi connectivity index (χ0) is 9.10. The van der Waals surface area contributed by atoms with E-state index in [4.69, 9.17) is 5.73 Å². The van der Waals surface area contributed by atoms with Crippen molar-refractivity contribution in [3.05, 3.63) is 28.6 Å². The summed E-state index contributed by atoms with van der Waals surface area (Å²) >= 11 is 1.69. The van der Waals surface area contributed by atoms with Crippen LogP contribution in [0.3, 0.4) is 0 Å². The Morgan fingerprint density at radius 1 is 1.54 bits per heavy atom. The lowest BCUT2D eigenvalue weighted by Crippen LogP contribution is -2.02. The number of nitrogens with one attached hydrogen (secondary N) is 1. The number of H-pyrrole nitrogens is 1. The summed E-state index contributed by atoms with van der Waals surface area (Å²) in [6, 6.07) is 2.08. The minimum Gasteiger partial charge on any atom is -0.330 e. The lowest BCUT2D eigenvalue weighted by Gasteiger charge is -1.97. The van der Waals surface area contributed by atoms with E-state index in [0.717, 1.165) is 12.1 Å². The third kappa shape index (κ3) is 1.64. The summed E-state index contributed by atoms with van der Waals surface area (Å²) in [6.07, 6.45) is 2.72. The first-order valence-electron chi connectivity index (χ1n) is 4.16. The van der Waals surface area contributed by atoms with E-state index in [1.165, 1.54) is 11.1 Å². The van der Waals surface area contributed by atoms with Gasteiger partial charge in [0.1, 0.15) is 0 Å². The molecule has 4 heteroatoms. The average molecular weight is 193 g/mol. The number of hydrogen-bond donors (Lipinski definition) is 2. The summed E-state index contributed by atoms with van der Waals surface area (Å²) in [4.78, 5) is 0. The average Bonchev–Trinajstić information content (AvgIpc) is 2.71. The molecule has 0 saturated carbocycles. The third-order valence-corrected chi connectivity index (χ3v) is 2.62. The molecule has 0 aliphatic heterocycles. The first-order valence-corrected chi connectivity index (χ1v) is 5.11. The Hall–Kier alpha value is -1.13. The predicted molar refractivity (Wildman–Crippen MR) is 54.7 cm³/mol. The fourth-order valence-electron chi connectivity index (χ4n) is 1.31. The number of aromatic nitrogens is 2. The normalized spacial score (nSPS) is 10.5. The summed E-state index contributed by atoms with van der Waals surface area (Å²) in [5.74, 6) is 0. The molecule has 2 heterocycles. The van der Waals surface area contributed by atoms with Gasteiger partial charge in [-0.15, -0.1) is 0 Å². The van der Waals surface area contributed by atoms with E-state index in [9.17, 15) is 0 Å². The van der Waals surface area contributed by atoms with Gasteiger partial charge in [0.25, 0.3) is 0 Å². The van der Waals surface area contributed by atoms with Crippen molar-refractivity contribution in [1.29, 1.82) is 0 Å². The second kappa shape index (κ2) is 3.72. The fourth-order valence-corrected chi connectivity index (χ4v) is 1.96. The lowest BCUT2D eigenvalue weighted by atomic mass is 10.1. The highest BCUT2D eigenvalue weighted by molar-refractivity contribution is 7.08. The van der Waals surface area contributed by atoms with E-state index in [1.54, 1.807) is 11.3 Å². The van der Waals surface area contributed by atoms with Gasteiger partial charge in [-0.05, 0) is 30.0 Å². The van der Waals surface area contributed by atoms with Crippen molar-refractivity contribution in [2.24, 2.45) is 5.73 Å². The van der Waals surface area contributed by atoms with Gasteiger partial charge in [0.15, 0.2) is 0 Å². The molecule has 3 nitrogen and oxygen atoms in total. The molecule has 0 aliphatic rings. The molecule has 0 spiro atoms. The Balaban J connectivity index is 2.35. The third-order valence-electron chi connectivity index (χ3n) is 1.94. The van der Waals surface area contributed by atoms with Gasteiger partial charge in [0.2, 0.25) is 0 Å². The van der Waals surface area contributed by atoms with E-state index >= 15 is 0 Å². The van der Waals surface area contributed by atoms with Crippen LogP contribution in [0.15, 0.2) is 23.0 Å². The van der Waals surface area contributed by atoms with Crippen molar-refractivity contribution in [3.63, 3.8) is 0 Å². The van der Waals surface area contributed by atoms with Gasteiger partial charge < -0.3 is 5.73 Å². The number of aromatic amines is 1. The number of hydrogen-bond acceptors (Lipinski definition) is 3. The van der Waals surface area contributed by atoms with Crippen LogP contribution < -0.4 is 5.73 Å². The summed E-state index contributed by atoms with van der Waals surface area (Å²) in [6.45, 7) is 0.663. The molecule has 0 atom stereocenters. The highest BCUT2D eigenvalue weighted by atomic mass is 32.1. The van der Waals surface area contributed by atoms with Crippen LogP contribution in [0.5, 0.6) is 0 Å². The minimum absolute atomic E-state index is 0.663. The van der Waals surface area contributed by atoms with Gasteiger partial charge in [0.05, 0.1) is 11.9 Å². The molecule has 0 aromatic carbocycles. The van der Waals surface area contributed by atoms with Crippen LogP contribution in [-0.4, -0.2) is 16.7 Å². The molecule has 2 aromatic heterocycles. The molecule has 13 heavy (non-hydrogen) atoms.